The fraction of sp³-hybridized carbons (Fsp3) is 0.333. The second-order valence-electron chi connectivity index (χ2n) is 6.18. The standard InChI is InChI=1S/C18H21FN4O3.ClH/c19-13-1-3-14(4-2-13)21-18(25)22-15-5-7-23(8-6-15)17(24)12-9-16(10-20)26-11-12;/h1-4,9,11,15H,5-8,10,20H2,(H2,21,22,25);1H. The van der Waals surface area contributed by atoms with Crippen molar-refractivity contribution in [1.82, 2.24) is 10.2 Å². The van der Waals surface area contributed by atoms with Gasteiger partial charge in [-0.3, -0.25) is 4.79 Å². The minimum Gasteiger partial charge on any atom is -0.467 e. The van der Waals surface area contributed by atoms with Crippen LogP contribution in [0.2, 0.25) is 0 Å². The third-order valence-electron chi connectivity index (χ3n) is 4.32. The van der Waals surface area contributed by atoms with Crippen LogP contribution in [-0.2, 0) is 6.54 Å². The molecule has 1 saturated heterocycles. The van der Waals surface area contributed by atoms with Gasteiger partial charge in [0.15, 0.2) is 0 Å². The first-order chi connectivity index (χ1) is 12.5. The maximum atomic E-state index is 12.9. The van der Waals surface area contributed by atoms with Crippen LogP contribution in [0.4, 0.5) is 14.9 Å². The van der Waals surface area contributed by atoms with Crippen LogP contribution in [0.3, 0.4) is 0 Å². The monoisotopic (exact) mass is 396 g/mol. The van der Waals surface area contributed by atoms with Crippen molar-refractivity contribution >= 4 is 30.0 Å². The average molecular weight is 397 g/mol. The zero-order chi connectivity index (χ0) is 18.5. The van der Waals surface area contributed by atoms with Crippen molar-refractivity contribution in [2.24, 2.45) is 5.73 Å². The Labute approximate surface area is 162 Å². The summed E-state index contributed by atoms with van der Waals surface area (Å²) in [4.78, 5) is 26.2. The van der Waals surface area contributed by atoms with E-state index in [0.717, 1.165) is 0 Å². The Morgan fingerprint density at radius 3 is 2.48 bits per heavy atom. The van der Waals surface area contributed by atoms with Crippen molar-refractivity contribution in [2.45, 2.75) is 25.4 Å². The summed E-state index contributed by atoms with van der Waals surface area (Å²) in [5.74, 6) is 0.120. The van der Waals surface area contributed by atoms with Crippen LogP contribution in [0, 0.1) is 5.82 Å². The van der Waals surface area contributed by atoms with E-state index in [2.05, 4.69) is 10.6 Å². The van der Waals surface area contributed by atoms with E-state index >= 15 is 0 Å². The summed E-state index contributed by atoms with van der Waals surface area (Å²) in [5, 5.41) is 5.54. The fourth-order valence-corrected chi connectivity index (χ4v) is 2.90. The number of urea groups is 1. The van der Waals surface area contributed by atoms with Crippen LogP contribution in [0.15, 0.2) is 41.0 Å². The van der Waals surface area contributed by atoms with Gasteiger partial charge in [-0.2, -0.15) is 0 Å². The number of piperidine rings is 1. The van der Waals surface area contributed by atoms with Crippen molar-refractivity contribution in [3.8, 4) is 0 Å². The van der Waals surface area contributed by atoms with Gasteiger partial charge >= 0.3 is 6.03 Å². The molecule has 27 heavy (non-hydrogen) atoms. The number of rotatable bonds is 4. The molecule has 0 unspecified atom stereocenters. The quantitative estimate of drug-likeness (QED) is 0.739. The molecule has 2 heterocycles. The number of carbonyl (C=O) groups is 2. The Hall–Kier alpha value is -2.58. The molecule has 4 N–H and O–H groups in total. The Balaban J connectivity index is 0.00000261. The van der Waals surface area contributed by atoms with Gasteiger partial charge in [0.2, 0.25) is 0 Å². The summed E-state index contributed by atoms with van der Waals surface area (Å²) in [6.07, 6.45) is 2.74. The number of amides is 3. The topological polar surface area (TPSA) is 101 Å². The van der Waals surface area contributed by atoms with E-state index in [9.17, 15) is 14.0 Å². The summed E-state index contributed by atoms with van der Waals surface area (Å²) in [5.41, 5.74) is 6.50. The minimum atomic E-state index is -0.357. The second kappa shape index (κ2) is 9.38. The first-order valence-electron chi connectivity index (χ1n) is 8.45. The molecule has 9 heteroatoms. The molecule has 1 fully saturated rings. The molecular formula is C18H22ClFN4O3. The summed E-state index contributed by atoms with van der Waals surface area (Å²) in [6.45, 7) is 1.34. The predicted molar refractivity (Wildman–Crippen MR) is 101 cm³/mol. The maximum Gasteiger partial charge on any atom is 0.319 e. The summed E-state index contributed by atoms with van der Waals surface area (Å²) < 4.78 is 18.1. The summed E-state index contributed by atoms with van der Waals surface area (Å²) in [7, 11) is 0. The minimum absolute atomic E-state index is 0. The van der Waals surface area contributed by atoms with E-state index in [-0.39, 0.29) is 42.7 Å². The lowest BCUT2D eigenvalue weighted by atomic mass is 10.0. The molecular weight excluding hydrogens is 375 g/mol. The first-order valence-corrected chi connectivity index (χ1v) is 8.45. The first kappa shape index (κ1) is 20.7. The van der Waals surface area contributed by atoms with Gasteiger partial charge in [-0.05, 0) is 43.2 Å². The molecule has 1 aliphatic heterocycles. The van der Waals surface area contributed by atoms with E-state index < -0.39 is 0 Å². The van der Waals surface area contributed by atoms with Crippen LogP contribution in [-0.4, -0.2) is 36.0 Å². The molecule has 3 rings (SSSR count). The third-order valence-corrected chi connectivity index (χ3v) is 4.32. The molecule has 3 amide bonds. The molecule has 1 aromatic heterocycles. The number of benzene rings is 1. The van der Waals surface area contributed by atoms with Crippen molar-refractivity contribution in [3.05, 3.63) is 53.7 Å². The van der Waals surface area contributed by atoms with Gasteiger partial charge in [-0.1, -0.05) is 0 Å². The molecule has 0 spiro atoms. The molecule has 0 atom stereocenters. The number of hydrogen-bond donors (Lipinski definition) is 3. The molecule has 1 aliphatic rings. The van der Waals surface area contributed by atoms with Crippen molar-refractivity contribution < 1.29 is 18.4 Å². The van der Waals surface area contributed by atoms with Gasteiger partial charge in [0.05, 0.1) is 12.1 Å². The van der Waals surface area contributed by atoms with Crippen molar-refractivity contribution in [1.29, 1.82) is 0 Å². The van der Waals surface area contributed by atoms with Crippen LogP contribution in [0.1, 0.15) is 29.0 Å². The van der Waals surface area contributed by atoms with Crippen molar-refractivity contribution in [3.63, 3.8) is 0 Å². The molecule has 0 aliphatic carbocycles. The van der Waals surface area contributed by atoms with E-state index in [0.29, 0.717) is 42.9 Å². The normalized spacial score (nSPS) is 14.4. The average Bonchev–Trinajstić information content (AvgIpc) is 3.13. The number of furan rings is 1. The third kappa shape index (κ3) is 5.45. The Morgan fingerprint density at radius 1 is 1.22 bits per heavy atom. The lowest BCUT2D eigenvalue weighted by Gasteiger charge is -2.32. The maximum absolute atomic E-state index is 12.9. The van der Waals surface area contributed by atoms with Gasteiger partial charge in [0.1, 0.15) is 17.8 Å². The highest BCUT2D eigenvalue weighted by atomic mass is 35.5. The highest BCUT2D eigenvalue weighted by Gasteiger charge is 2.25. The molecule has 0 radical (unpaired) electrons. The highest BCUT2D eigenvalue weighted by Crippen LogP contribution is 2.16. The molecule has 1 aromatic carbocycles. The van der Waals surface area contributed by atoms with E-state index in [4.69, 9.17) is 10.2 Å². The van der Waals surface area contributed by atoms with Gasteiger partial charge in [0.25, 0.3) is 5.91 Å². The lowest BCUT2D eigenvalue weighted by Crippen LogP contribution is -2.47. The highest BCUT2D eigenvalue weighted by molar-refractivity contribution is 5.94. The van der Waals surface area contributed by atoms with Crippen LogP contribution < -0.4 is 16.4 Å². The molecule has 0 bridgehead atoms. The van der Waals surface area contributed by atoms with Crippen LogP contribution in [0.5, 0.6) is 0 Å². The number of nitrogens with two attached hydrogens (primary N) is 1. The zero-order valence-electron chi connectivity index (χ0n) is 14.6. The number of likely N-dealkylation sites (tertiary alicyclic amines) is 1. The smallest absolute Gasteiger partial charge is 0.319 e. The van der Waals surface area contributed by atoms with Crippen LogP contribution in [0.25, 0.3) is 0 Å². The fourth-order valence-electron chi connectivity index (χ4n) is 2.90. The number of anilines is 1. The van der Waals surface area contributed by atoms with Gasteiger partial charge in [0, 0.05) is 24.8 Å². The molecule has 0 saturated carbocycles. The van der Waals surface area contributed by atoms with Gasteiger partial charge in [-0.25, -0.2) is 9.18 Å². The van der Waals surface area contributed by atoms with Gasteiger partial charge in [-0.15, -0.1) is 12.4 Å². The van der Waals surface area contributed by atoms with Crippen molar-refractivity contribution in [2.75, 3.05) is 18.4 Å². The largest absolute Gasteiger partial charge is 0.467 e. The van der Waals surface area contributed by atoms with E-state index in [1.807, 2.05) is 0 Å². The summed E-state index contributed by atoms with van der Waals surface area (Å²) >= 11 is 0. The predicted octanol–water partition coefficient (Wildman–Crippen LogP) is 2.73. The van der Waals surface area contributed by atoms with Gasteiger partial charge < -0.3 is 25.7 Å². The Kier molecular flexibility index (Phi) is 7.20. The molecule has 2 aromatic rings. The summed E-state index contributed by atoms with van der Waals surface area (Å²) in [6, 6.07) is 6.85. The van der Waals surface area contributed by atoms with E-state index in [1.54, 1.807) is 11.0 Å². The lowest BCUT2D eigenvalue weighted by molar-refractivity contribution is 0.0708. The number of carbonyl (C=O) groups excluding carboxylic acids is 2. The second-order valence-corrected chi connectivity index (χ2v) is 6.18. The van der Waals surface area contributed by atoms with E-state index in [1.165, 1.54) is 30.5 Å². The number of hydrogen-bond acceptors (Lipinski definition) is 4. The zero-order valence-corrected chi connectivity index (χ0v) is 15.4. The molecule has 7 nitrogen and oxygen atoms in total. The SMILES string of the molecule is Cl.NCc1cc(C(=O)N2CCC(NC(=O)Nc3ccc(F)cc3)CC2)co1. The van der Waals surface area contributed by atoms with Crippen LogP contribution >= 0.6 is 12.4 Å². The Morgan fingerprint density at radius 2 is 1.89 bits per heavy atom. The number of halogens is 2. The number of nitrogens with one attached hydrogen (secondary N) is 2. The Bertz CT molecular complexity index is 773. The number of nitrogens with zero attached hydrogens (tertiary/aromatic N) is 1. The molecule has 146 valence electrons.